The minimum atomic E-state index is -0.318. The fraction of sp³-hybridized carbons (Fsp3) is 0.270. The monoisotopic (exact) mass is 628 g/mol. The van der Waals surface area contributed by atoms with Gasteiger partial charge in [-0.2, -0.15) is 0 Å². The number of phenolic OH excluding ortho intramolecular Hbond substituents is 1. The largest absolute Gasteiger partial charge is 0.506 e. The van der Waals surface area contributed by atoms with Crippen molar-refractivity contribution in [3.8, 4) is 5.75 Å². The van der Waals surface area contributed by atoms with Gasteiger partial charge in [0.2, 0.25) is 0 Å². The molecular weight excluding hydrogens is 588 g/mol. The van der Waals surface area contributed by atoms with Crippen LogP contribution in [0.4, 0.5) is 4.79 Å². The zero-order valence-corrected chi connectivity index (χ0v) is 28.1. The molecule has 0 aliphatic carbocycles. The van der Waals surface area contributed by atoms with E-state index in [4.69, 9.17) is 16.7 Å². The Morgan fingerprint density at radius 1 is 0.977 bits per heavy atom. The highest BCUT2D eigenvalue weighted by Crippen LogP contribution is 2.27. The molecule has 1 aliphatic heterocycles. The fourth-order valence-electron chi connectivity index (χ4n) is 4.32. The van der Waals surface area contributed by atoms with Crippen LogP contribution in [0.5, 0.6) is 5.75 Å². The van der Waals surface area contributed by atoms with E-state index in [0.29, 0.717) is 15.8 Å². The number of benzene rings is 3. The van der Waals surface area contributed by atoms with Crippen LogP contribution in [0.1, 0.15) is 69.0 Å². The van der Waals surface area contributed by atoms with Gasteiger partial charge < -0.3 is 5.11 Å². The summed E-state index contributed by atoms with van der Waals surface area (Å²) in [6.07, 6.45) is 3.84. The SMILES string of the molecule is CC(C)Cc1ccc2ccccc2n1.CCC(C)=C(C)c1ccc(/C=C2\SC(=O)NC2=O)cc1.Cc1cc(O)c(Cl)cc1C. The minimum Gasteiger partial charge on any atom is -0.506 e. The molecule has 0 saturated carbocycles. The first-order valence-electron chi connectivity index (χ1n) is 14.7. The van der Waals surface area contributed by atoms with E-state index in [2.05, 4.69) is 69.2 Å². The summed E-state index contributed by atoms with van der Waals surface area (Å²) in [6, 6.07) is 24.0. The van der Waals surface area contributed by atoms with Crippen LogP contribution < -0.4 is 5.32 Å². The van der Waals surface area contributed by atoms with Crippen molar-refractivity contribution < 1.29 is 14.7 Å². The van der Waals surface area contributed by atoms with E-state index >= 15 is 0 Å². The molecule has 1 aliphatic rings. The standard InChI is InChI=1S/C16H17NO2S.C13H15N.C8H9ClO/c1-4-10(2)11(3)13-7-5-12(6-8-13)9-14-15(18)17-16(19)20-14;1-10(2)9-12-8-7-11-5-3-4-6-13(11)14-12;1-5-3-7(9)8(10)4-6(5)2/h5-9H,4H2,1-3H3,(H,17,18,19);3-8,10H,9H2,1-2H3;3-4,10H,1-2H3/b11-10?,14-9-;;. The highest BCUT2D eigenvalue weighted by molar-refractivity contribution is 8.18. The number of rotatable bonds is 5. The van der Waals surface area contributed by atoms with E-state index in [9.17, 15) is 9.59 Å². The molecular formula is C37H41ClN2O3S. The molecule has 0 bridgehead atoms. The zero-order chi connectivity index (χ0) is 32.4. The van der Waals surface area contributed by atoms with E-state index in [1.54, 1.807) is 18.2 Å². The second-order valence-corrected chi connectivity index (χ2v) is 12.6. The Labute approximate surface area is 270 Å². The molecule has 2 heterocycles. The predicted molar refractivity (Wildman–Crippen MR) is 187 cm³/mol. The molecule has 44 heavy (non-hydrogen) atoms. The van der Waals surface area contributed by atoms with Gasteiger partial charge in [0.05, 0.1) is 15.4 Å². The Morgan fingerprint density at radius 3 is 2.23 bits per heavy atom. The highest BCUT2D eigenvalue weighted by Gasteiger charge is 2.24. The molecule has 0 unspecified atom stereocenters. The van der Waals surface area contributed by atoms with Gasteiger partial charge in [0.15, 0.2) is 0 Å². The Hall–Kier alpha value is -3.87. The number of fused-ring (bicyclic) bond motifs is 1. The number of amides is 2. The van der Waals surface area contributed by atoms with Crippen molar-refractivity contribution in [2.45, 2.75) is 61.3 Å². The maximum absolute atomic E-state index is 11.5. The van der Waals surface area contributed by atoms with Crippen LogP contribution >= 0.6 is 23.4 Å². The van der Waals surface area contributed by atoms with Crippen molar-refractivity contribution in [3.63, 3.8) is 0 Å². The number of phenols is 1. The molecule has 230 valence electrons. The normalized spacial score (nSPS) is 14.1. The molecule has 3 aromatic carbocycles. The summed E-state index contributed by atoms with van der Waals surface area (Å²) in [6.45, 7) is 14.7. The lowest BCUT2D eigenvalue weighted by atomic mass is 10.00. The zero-order valence-electron chi connectivity index (χ0n) is 26.5. The van der Waals surface area contributed by atoms with Crippen molar-refractivity contribution in [1.29, 1.82) is 0 Å². The number of carbonyl (C=O) groups is 2. The molecule has 2 N–H and O–H groups in total. The number of halogens is 1. The van der Waals surface area contributed by atoms with Crippen molar-refractivity contribution in [2.75, 3.05) is 0 Å². The number of hydrogen-bond acceptors (Lipinski definition) is 5. The quantitative estimate of drug-likeness (QED) is 0.215. The number of aromatic hydroxyl groups is 1. The lowest BCUT2D eigenvalue weighted by molar-refractivity contribution is -0.115. The molecule has 0 atom stereocenters. The molecule has 0 radical (unpaired) electrons. The van der Waals surface area contributed by atoms with Gasteiger partial charge in [-0.05, 0) is 116 Å². The van der Waals surface area contributed by atoms with Crippen molar-refractivity contribution in [3.05, 3.63) is 116 Å². The Kier molecular flexibility index (Phi) is 12.8. The van der Waals surface area contributed by atoms with Gasteiger partial charge in [0.25, 0.3) is 11.1 Å². The van der Waals surface area contributed by atoms with Gasteiger partial charge in [-0.25, -0.2) is 0 Å². The molecule has 2 amide bonds. The van der Waals surface area contributed by atoms with Crippen LogP contribution in [-0.4, -0.2) is 21.2 Å². The molecule has 5 nitrogen and oxygen atoms in total. The van der Waals surface area contributed by atoms with E-state index in [1.165, 1.54) is 27.8 Å². The molecule has 1 saturated heterocycles. The maximum Gasteiger partial charge on any atom is 0.290 e. The van der Waals surface area contributed by atoms with Gasteiger partial charge in [0, 0.05) is 11.1 Å². The van der Waals surface area contributed by atoms with Crippen molar-refractivity contribution in [2.24, 2.45) is 5.92 Å². The van der Waals surface area contributed by atoms with Crippen LogP contribution in [0.2, 0.25) is 5.02 Å². The van der Waals surface area contributed by atoms with E-state index < -0.39 is 0 Å². The summed E-state index contributed by atoms with van der Waals surface area (Å²) in [5.41, 5.74) is 9.21. The lowest BCUT2D eigenvalue weighted by Gasteiger charge is -2.06. The molecule has 5 rings (SSSR count). The third-order valence-corrected chi connectivity index (χ3v) is 8.40. The number of para-hydroxylation sites is 1. The van der Waals surface area contributed by atoms with Crippen LogP contribution in [0.25, 0.3) is 22.6 Å². The van der Waals surface area contributed by atoms with Crippen LogP contribution in [0, 0.1) is 19.8 Å². The number of nitrogens with one attached hydrogen (secondary N) is 1. The summed E-state index contributed by atoms with van der Waals surface area (Å²) in [5, 5.41) is 12.7. The molecule has 4 aromatic rings. The molecule has 1 fully saturated rings. The first-order chi connectivity index (χ1) is 20.9. The smallest absolute Gasteiger partial charge is 0.290 e. The molecule has 1 aromatic heterocycles. The van der Waals surface area contributed by atoms with Crippen LogP contribution in [0.15, 0.2) is 83.3 Å². The number of allylic oxidation sites excluding steroid dienone is 2. The Morgan fingerprint density at radius 2 is 1.64 bits per heavy atom. The first kappa shape index (κ1) is 34.6. The summed E-state index contributed by atoms with van der Waals surface area (Å²) in [7, 11) is 0. The summed E-state index contributed by atoms with van der Waals surface area (Å²) >= 11 is 6.58. The minimum absolute atomic E-state index is 0.157. The van der Waals surface area contributed by atoms with Crippen LogP contribution in [-0.2, 0) is 11.2 Å². The maximum atomic E-state index is 11.5. The Balaban J connectivity index is 0.000000192. The highest BCUT2D eigenvalue weighted by atomic mass is 35.5. The van der Waals surface area contributed by atoms with Gasteiger partial charge in [-0.15, -0.1) is 0 Å². The van der Waals surface area contributed by atoms with E-state index in [-0.39, 0.29) is 16.9 Å². The number of carbonyl (C=O) groups excluding carboxylic acids is 2. The summed E-state index contributed by atoms with van der Waals surface area (Å²) < 4.78 is 0. The van der Waals surface area contributed by atoms with E-state index in [1.807, 2.05) is 50.2 Å². The average Bonchev–Trinajstić information content (AvgIpc) is 3.31. The number of pyridine rings is 1. The lowest BCUT2D eigenvalue weighted by Crippen LogP contribution is -2.17. The number of aryl methyl sites for hydroxylation is 2. The van der Waals surface area contributed by atoms with Crippen molar-refractivity contribution >= 4 is 57.1 Å². The fourth-order valence-corrected chi connectivity index (χ4v) is 5.22. The molecule has 0 spiro atoms. The number of hydrogen-bond donors (Lipinski definition) is 2. The van der Waals surface area contributed by atoms with Gasteiger partial charge >= 0.3 is 0 Å². The average molecular weight is 629 g/mol. The Bertz CT molecular complexity index is 1640. The van der Waals surface area contributed by atoms with Crippen LogP contribution in [0.3, 0.4) is 0 Å². The van der Waals surface area contributed by atoms with E-state index in [0.717, 1.165) is 46.8 Å². The summed E-state index contributed by atoms with van der Waals surface area (Å²) in [5.74, 6) is 0.510. The third kappa shape index (κ3) is 10.1. The number of thioether (sulfide) groups is 1. The number of aromatic nitrogens is 1. The second kappa shape index (κ2) is 16.3. The van der Waals surface area contributed by atoms with Gasteiger partial charge in [-0.1, -0.05) is 86.5 Å². The number of imide groups is 1. The first-order valence-corrected chi connectivity index (χ1v) is 15.9. The number of nitrogens with zero attached hydrogens (tertiary/aromatic N) is 1. The van der Waals surface area contributed by atoms with Gasteiger partial charge in [-0.3, -0.25) is 19.9 Å². The topological polar surface area (TPSA) is 79.3 Å². The second-order valence-electron chi connectivity index (χ2n) is 11.2. The summed E-state index contributed by atoms with van der Waals surface area (Å²) in [4.78, 5) is 27.6. The van der Waals surface area contributed by atoms with Gasteiger partial charge in [0.1, 0.15) is 5.75 Å². The third-order valence-electron chi connectivity index (χ3n) is 7.29. The van der Waals surface area contributed by atoms with Crippen molar-refractivity contribution in [1.82, 2.24) is 10.3 Å². The molecule has 7 heteroatoms. The predicted octanol–water partition coefficient (Wildman–Crippen LogP) is 10.3.